The summed E-state index contributed by atoms with van der Waals surface area (Å²) in [5.74, 6) is 0.558. The molecule has 1 fully saturated rings. The Balaban J connectivity index is 1.39. The topological polar surface area (TPSA) is 136 Å². The molecule has 5 atom stereocenters. The second-order valence-electron chi connectivity index (χ2n) is 9.68. The molecule has 196 valence electrons. The molecule has 38 heavy (non-hydrogen) atoms. The van der Waals surface area contributed by atoms with E-state index in [9.17, 15) is 15.3 Å². The van der Waals surface area contributed by atoms with Gasteiger partial charge in [0, 0.05) is 23.4 Å². The summed E-state index contributed by atoms with van der Waals surface area (Å²) in [6.07, 6.45) is 1.82. The van der Waals surface area contributed by atoms with Crippen LogP contribution < -0.4 is 10.6 Å². The van der Waals surface area contributed by atoms with Crippen LogP contribution in [0, 0.1) is 12.8 Å². The molecular formula is C27H28N6O3S2. The third-order valence-electron chi connectivity index (χ3n) is 7.18. The average Bonchev–Trinajstić information content (AvgIpc) is 3.60. The summed E-state index contributed by atoms with van der Waals surface area (Å²) in [6, 6.07) is 9.70. The van der Waals surface area contributed by atoms with E-state index in [2.05, 4.69) is 40.1 Å². The van der Waals surface area contributed by atoms with Crippen LogP contribution in [0.15, 0.2) is 48.1 Å². The number of thiazole rings is 1. The molecule has 5 aromatic rings. The normalized spacial score (nSPS) is 22.2. The molecule has 9 nitrogen and oxygen atoms in total. The Hall–Kier alpha value is -3.22. The van der Waals surface area contributed by atoms with Crippen molar-refractivity contribution in [1.82, 2.24) is 19.9 Å². The molecular weight excluding hydrogens is 520 g/mol. The van der Waals surface area contributed by atoms with E-state index in [0.717, 1.165) is 26.5 Å². The summed E-state index contributed by atoms with van der Waals surface area (Å²) < 4.78 is 2.22. The van der Waals surface area contributed by atoms with E-state index in [1.165, 1.54) is 27.0 Å². The molecule has 11 heteroatoms. The molecule has 0 radical (unpaired) electrons. The van der Waals surface area contributed by atoms with Gasteiger partial charge in [-0.3, -0.25) is 4.98 Å². The number of nitrogens with one attached hydrogen (secondary N) is 2. The Bertz CT molecular complexity index is 1570. The molecule has 1 aliphatic carbocycles. The maximum atomic E-state index is 10.7. The number of aryl methyl sites for hydroxylation is 1. The third-order valence-corrected chi connectivity index (χ3v) is 9.21. The van der Waals surface area contributed by atoms with Crippen LogP contribution in [0.1, 0.15) is 30.6 Å². The van der Waals surface area contributed by atoms with Crippen LogP contribution >= 0.6 is 22.7 Å². The van der Waals surface area contributed by atoms with Gasteiger partial charge in [-0.05, 0) is 48.7 Å². The standard InChI is InChI=1S/C27H28N6O3S2/c1-13(17-12-37-20-6-4-3-5-16(17)20)29-27-30-14(2)22(26-32-19-10-28-8-7-21(19)38-26)25(33-27)31-18-9-15(11-34)23(35)24(18)36/h3-8,10,12-13,15,18,23-24,34-36H,9,11H2,1-2H3,(H2,29,30,31,33)/t13-,15-,18-,23-,24+/m1/s1. The molecule has 0 saturated heterocycles. The predicted molar refractivity (Wildman–Crippen MR) is 152 cm³/mol. The minimum absolute atomic E-state index is 0.0459. The van der Waals surface area contributed by atoms with Crippen LogP contribution in [-0.2, 0) is 0 Å². The van der Waals surface area contributed by atoms with E-state index < -0.39 is 24.2 Å². The zero-order valence-corrected chi connectivity index (χ0v) is 22.5. The van der Waals surface area contributed by atoms with Gasteiger partial charge in [-0.1, -0.05) is 18.2 Å². The second-order valence-corrected chi connectivity index (χ2v) is 11.6. The maximum absolute atomic E-state index is 10.7. The van der Waals surface area contributed by atoms with Crippen molar-refractivity contribution in [2.45, 2.75) is 44.6 Å². The Kier molecular flexibility index (Phi) is 6.70. The number of aliphatic hydroxyl groups is 3. The second kappa shape index (κ2) is 10.2. The van der Waals surface area contributed by atoms with Gasteiger partial charge >= 0.3 is 0 Å². The van der Waals surface area contributed by atoms with Crippen molar-refractivity contribution >= 4 is 54.7 Å². The molecule has 0 spiro atoms. The number of benzene rings is 1. The number of aliphatic hydroxyl groups excluding tert-OH is 3. The molecule has 1 aliphatic rings. The largest absolute Gasteiger partial charge is 0.396 e. The minimum atomic E-state index is -1.04. The van der Waals surface area contributed by atoms with Gasteiger partial charge in [0.2, 0.25) is 5.95 Å². The zero-order valence-electron chi connectivity index (χ0n) is 20.9. The van der Waals surface area contributed by atoms with E-state index in [1.54, 1.807) is 23.7 Å². The Morgan fingerprint density at radius 2 is 1.92 bits per heavy atom. The van der Waals surface area contributed by atoms with Crippen molar-refractivity contribution in [1.29, 1.82) is 0 Å². The van der Waals surface area contributed by atoms with E-state index in [4.69, 9.17) is 15.0 Å². The molecule has 1 saturated carbocycles. The fourth-order valence-electron chi connectivity index (χ4n) is 5.11. The lowest BCUT2D eigenvalue weighted by Crippen LogP contribution is -2.35. The molecule has 4 aromatic heterocycles. The third kappa shape index (κ3) is 4.50. The summed E-state index contributed by atoms with van der Waals surface area (Å²) in [7, 11) is 0. The maximum Gasteiger partial charge on any atom is 0.225 e. The van der Waals surface area contributed by atoms with Crippen molar-refractivity contribution in [3.63, 3.8) is 0 Å². The molecule has 0 aliphatic heterocycles. The highest BCUT2D eigenvalue weighted by Gasteiger charge is 2.41. The summed E-state index contributed by atoms with van der Waals surface area (Å²) in [6.45, 7) is 3.80. The van der Waals surface area contributed by atoms with Gasteiger partial charge in [-0.25, -0.2) is 9.97 Å². The number of nitrogens with zero attached hydrogens (tertiary/aromatic N) is 4. The minimum Gasteiger partial charge on any atom is -0.396 e. The van der Waals surface area contributed by atoms with Gasteiger partial charge in [0.25, 0.3) is 0 Å². The lowest BCUT2D eigenvalue weighted by molar-refractivity contribution is 0.00446. The first-order chi connectivity index (χ1) is 18.4. The number of hydrogen-bond acceptors (Lipinski definition) is 11. The number of aromatic nitrogens is 4. The first-order valence-electron chi connectivity index (χ1n) is 12.5. The van der Waals surface area contributed by atoms with Crippen LogP contribution in [0.3, 0.4) is 0 Å². The van der Waals surface area contributed by atoms with Crippen molar-refractivity contribution in [3.05, 3.63) is 59.4 Å². The Morgan fingerprint density at radius 3 is 2.71 bits per heavy atom. The van der Waals surface area contributed by atoms with Gasteiger partial charge in [-0.2, -0.15) is 4.98 Å². The molecule has 4 heterocycles. The molecule has 1 aromatic carbocycles. The van der Waals surface area contributed by atoms with Gasteiger partial charge in [-0.15, -0.1) is 22.7 Å². The highest BCUT2D eigenvalue weighted by atomic mass is 32.1. The van der Waals surface area contributed by atoms with Crippen LogP contribution in [0.25, 0.3) is 30.9 Å². The van der Waals surface area contributed by atoms with Gasteiger partial charge in [0.05, 0.1) is 40.3 Å². The molecule has 5 N–H and O–H groups in total. The van der Waals surface area contributed by atoms with E-state index in [-0.39, 0.29) is 12.6 Å². The molecule has 0 unspecified atom stereocenters. The number of rotatable bonds is 7. The van der Waals surface area contributed by atoms with E-state index >= 15 is 0 Å². The molecule has 6 rings (SSSR count). The van der Waals surface area contributed by atoms with Crippen molar-refractivity contribution in [2.24, 2.45) is 5.92 Å². The summed E-state index contributed by atoms with van der Waals surface area (Å²) in [4.78, 5) is 18.6. The first-order valence-corrected chi connectivity index (χ1v) is 14.2. The average molecular weight is 549 g/mol. The Morgan fingerprint density at radius 1 is 1.08 bits per heavy atom. The fourth-order valence-corrected chi connectivity index (χ4v) is 7.20. The highest BCUT2D eigenvalue weighted by molar-refractivity contribution is 7.21. The lowest BCUT2D eigenvalue weighted by atomic mass is 10.1. The quantitative estimate of drug-likeness (QED) is 0.201. The number of anilines is 2. The zero-order chi connectivity index (χ0) is 26.4. The summed E-state index contributed by atoms with van der Waals surface area (Å²) >= 11 is 3.23. The van der Waals surface area contributed by atoms with Crippen molar-refractivity contribution in [2.75, 3.05) is 17.2 Å². The SMILES string of the molecule is Cc1nc(N[C@H](C)c2csc3ccccc23)nc(N[C@@H]2C[C@H](CO)[C@@H](O)[C@H]2O)c1-c1nc2cnccc2s1. The number of pyridine rings is 1. The van der Waals surface area contributed by atoms with Crippen molar-refractivity contribution in [3.8, 4) is 10.6 Å². The number of thiophene rings is 1. The van der Waals surface area contributed by atoms with Crippen LogP contribution in [0.5, 0.6) is 0 Å². The number of fused-ring (bicyclic) bond motifs is 2. The Labute approximate surface area is 227 Å². The van der Waals surface area contributed by atoms with Gasteiger partial charge < -0.3 is 26.0 Å². The van der Waals surface area contributed by atoms with Crippen LogP contribution in [0.4, 0.5) is 11.8 Å². The van der Waals surface area contributed by atoms with Crippen LogP contribution in [-0.4, -0.2) is 60.1 Å². The first kappa shape index (κ1) is 25.1. The van der Waals surface area contributed by atoms with E-state index in [1.807, 2.05) is 25.1 Å². The fraction of sp³-hybridized carbons (Fsp3) is 0.333. The van der Waals surface area contributed by atoms with Gasteiger partial charge in [0.15, 0.2) is 0 Å². The summed E-state index contributed by atoms with van der Waals surface area (Å²) in [5, 5.41) is 41.7. The van der Waals surface area contributed by atoms with Crippen molar-refractivity contribution < 1.29 is 15.3 Å². The highest BCUT2D eigenvalue weighted by Crippen LogP contribution is 2.38. The lowest BCUT2D eigenvalue weighted by Gasteiger charge is -2.22. The predicted octanol–water partition coefficient (Wildman–Crippen LogP) is 4.36. The number of hydrogen-bond donors (Lipinski definition) is 5. The molecule has 0 bridgehead atoms. The smallest absolute Gasteiger partial charge is 0.225 e. The van der Waals surface area contributed by atoms with Gasteiger partial charge in [0.1, 0.15) is 22.4 Å². The van der Waals surface area contributed by atoms with Crippen LogP contribution in [0.2, 0.25) is 0 Å². The molecule has 0 amide bonds. The summed E-state index contributed by atoms with van der Waals surface area (Å²) in [5.41, 5.74) is 3.42. The monoisotopic (exact) mass is 548 g/mol. The van der Waals surface area contributed by atoms with E-state index in [0.29, 0.717) is 18.2 Å².